The summed E-state index contributed by atoms with van der Waals surface area (Å²) < 4.78 is 5.69. The molecule has 0 saturated heterocycles. The van der Waals surface area contributed by atoms with Gasteiger partial charge in [0.15, 0.2) is 0 Å². The molecule has 0 aliphatic rings. The largest absolute Gasteiger partial charge is 0.465 e. The Morgan fingerprint density at radius 3 is 2.44 bits per heavy atom. The van der Waals surface area contributed by atoms with Crippen LogP contribution in [0.5, 0.6) is 0 Å². The molecule has 3 nitrogen and oxygen atoms in total. The molecule has 0 aromatic carbocycles. The number of likely N-dealkylation sites (N-methyl/N-ethyl adjacent to an activating group) is 1. The van der Waals surface area contributed by atoms with E-state index in [1.165, 1.54) is 0 Å². The van der Waals surface area contributed by atoms with E-state index in [9.17, 15) is 0 Å². The normalized spacial score (nSPS) is 15.4. The Morgan fingerprint density at radius 1 is 1.38 bits per heavy atom. The second-order valence-corrected chi connectivity index (χ2v) is 4.29. The molecule has 0 aliphatic carbocycles. The third-order valence-electron chi connectivity index (χ3n) is 3.24. The molecule has 1 aromatic rings. The molecular formula is C13H24N2O. The smallest absolute Gasteiger partial charge is 0.122 e. The SMILES string of the molecule is CCC(C)N(CC)C(CN)c1ccc(C)o1. The van der Waals surface area contributed by atoms with Crippen molar-refractivity contribution in [2.75, 3.05) is 13.1 Å². The highest BCUT2D eigenvalue weighted by atomic mass is 16.3. The zero-order valence-corrected chi connectivity index (χ0v) is 10.9. The van der Waals surface area contributed by atoms with E-state index >= 15 is 0 Å². The van der Waals surface area contributed by atoms with E-state index in [4.69, 9.17) is 10.2 Å². The maximum Gasteiger partial charge on any atom is 0.122 e. The number of aryl methyl sites for hydroxylation is 1. The third kappa shape index (κ3) is 2.86. The van der Waals surface area contributed by atoms with Crippen molar-refractivity contribution >= 4 is 0 Å². The van der Waals surface area contributed by atoms with E-state index < -0.39 is 0 Å². The van der Waals surface area contributed by atoms with Crippen molar-refractivity contribution < 1.29 is 4.42 Å². The van der Waals surface area contributed by atoms with E-state index in [2.05, 4.69) is 25.7 Å². The van der Waals surface area contributed by atoms with Crippen LogP contribution in [0.4, 0.5) is 0 Å². The summed E-state index contributed by atoms with van der Waals surface area (Å²) in [6.45, 7) is 10.2. The fourth-order valence-corrected chi connectivity index (χ4v) is 2.12. The molecular weight excluding hydrogens is 200 g/mol. The Balaban J connectivity index is 2.87. The van der Waals surface area contributed by atoms with Gasteiger partial charge < -0.3 is 10.2 Å². The Bertz CT molecular complexity index is 309. The number of nitrogens with two attached hydrogens (primary N) is 1. The standard InChI is InChI=1S/C13H24N2O/c1-5-10(3)15(6-2)12(9-14)13-8-7-11(4)16-13/h7-8,10,12H,5-6,9,14H2,1-4H3. The predicted octanol–water partition coefficient (Wildman–Crippen LogP) is 2.71. The Hall–Kier alpha value is -0.800. The van der Waals surface area contributed by atoms with Crippen molar-refractivity contribution in [3.8, 4) is 0 Å². The van der Waals surface area contributed by atoms with Gasteiger partial charge in [-0.2, -0.15) is 0 Å². The van der Waals surface area contributed by atoms with Crippen LogP contribution >= 0.6 is 0 Å². The van der Waals surface area contributed by atoms with Crippen LogP contribution in [-0.2, 0) is 0 Å². The minimum Gasteiger partial charge on any atom is -0.465 e. The van der Waals surface area contributed by atoms with Gasteiger partial charge in [0.2, 0.25) is 0 Å². The molecule has 0 radical (unpaired) electrons. The van der Waals surface area contributed by atoms with Gasteiger partial charge in [-0.15, -0.1) is 0 Å². The molecule has 2 atom stereocenters. The summed E-state index contributed by atoms with van der Waals surface area (Å²) >= 11 is 0. The second-order valence-electron chi connectivity index (χ2n) is 4.29. The molecule has 1 heterocycles. The third-order valence-corrected chi connectivity index (χ3v) is 3.24. The van der Waals surface area contributed by atoms with Gasteiger partial charge in [0.1, 0.15) is 11.5 Å². The van der Waals surface area contributed by atoms with Gasteiger partial charge in [-0.25, -0.2) is 0 Å². The lowest BCUT2D eigenvalue weighted by atomic mass is 10.1. The van der Waals surface area contributed by atoms with Gasteiger partial charge in [-0.05, 0) is 38.9 Å². The first-order chi connectivity index (χ1) is 7.63. The molecule has 0 spiro atoms. The van der Waals surface area contributed by atoms with Crippen LogP contribution in [0.2, 0.25) is 0 Å². The Morgan fingerprint density at radius 2 is 2.06 bits per heavy atom. The number of nitrogens with zero attached hydrogens (tertiary/aromatic N) is 1. The van der Waals surface area contributed by atoms with Crippen LogP contribution in [0.3, 0.4) is 0 Å². The van der Waals surface area contributed by atoms with Crippen molar-refractivity contribution in [2.24, 2.45) is 5.73 Å². The van der Waals surface area contributed by atoms with Crippen molar-refractivity contribution in [2.45, 2.75) is 46.2 Å². The van der Waals surface area contributed by atoms with E-state index in [0.717, 1.165) is 24.5 Å². The highest BCUT2D eigenvalue weighted by Crippen LogP contribution is 2.24. The lowest BCUT2D eigenvalue weighted by molar-refractivity contribution is 0.134. The molecule has 0 amide bonds. The Labute approximate surface area is 98.6 Å². The first-order valence-electron chi connectivity index (χ1n) is 6.16. The fraction of sp³-hybridized carbons (Fsp3) is 0.692. The Kier molecular flexibility index (Phi) is 5.03. The summed E-state index contributed by atoms with van der Waals surface area (Å²) in [4.78, 5) is 2.40. The average Bonchev–Trinajstić information content (AvgIpc) is 2.71. The van der Waals surface area contributed by atoms with Crippen LogP contribution in [0, 0.1) is 6.92 Å². The van der Waals surface area contributed by atoms with Crippen LogP contribution in [0.25, 0.3) is 0 Å². The minimum absolute atomic E-state index is 0.202. The molecule has 2 N–H and O–H groups in total. The van der Waals surface area contributed by atoms with E-state index in [0.29, 0.717) is 12.6 Å². The fourth-order valence-electron chi connectivity index (χ4n) is 2.12. The summed E-state index contributed by atoms with van der Waals surface area (Å²) in [5.41, 5.74) is 5.88. The van der Waals surface area contributed by atoms with Crippen LogP contribution in [0.1, 0.15) is 44.8 Å². The van der Waals surface area contributed by atoms with E-state index in [1.807, 2.05) is 19.1 Å². The van der Waals surface area contributed by atoms with Crippen molar-refractivity contribution in [1.29, 1.82) is 0 Å². The molecule has 1 rings (SSSR count). The van der Waals surface area contributed by atoms with Gasteiger partial charge >= 0.3 is 0 Å². The zero-order chi connectivity index (χ0) is 12.1. The summed E-state index contributed by atoms with van der Waals surface area (Å²) in [5, 5.41) is 0. The second kappa shape index (κ2) is 6.06. The molecule has 2 unspecified atom stereocenters. The summed E-state index contributed by atoms with van der Waals surface area (Å²) in [5.74, 6) is 1.94. The topological polar surface area (TPSA) is 42.4 Å². The molecule has 3 heteroatoms. The number of hydrogen-bond acceptors (Lipinski definition) is 3. The molecule has 92 valence electrons. The summed E-state index contributed by atoms with van der Waals surface area (Å²) in [7, 11) is 0. The molecule has 0 bridgehead atoms. The molecule has 1 aromatic heterocycles. The monoisotopic (exact) mass is 224 g/mol. The lowest BCUT2D eigenvalue weighted by Gasteiger charge is -2.33. The van der Waals surface area contributed by atoms with E-state index in [-0.39, 0.29) is 6.04 Å². The lowest BCUT2D eigenvalue weighted by Crippen LogP contribution is -2.39. The van der Waals surface area contributed by atoms with E-state index in [1.54, 1.807) is 0 Å². The van der Waals surface area contributed by atoms with Gasteiger partial charge in [0.25, 0.3) is 0 Å². The zero-order valence-electron chi connectivity index (χ0n) is 10.9. The van der Waals surface area contributed by atoms with Crippen molar-refractivity contribution in [3.05, 3.63) is 23.7 Å². The van der Waals surface area contributed by atoms with Gasteiger partial charge in [0.05, 0.1) is 6.04 Å². The minimum atomic E-state index is 0.202. The molecule has 16 heavy (non-hydrogen) atoms. The first-order valence-corrected chi connectivity index (χ1v) is 6.16. The van der Waals surface area contributed by atoms with Crippen LogP contribution < -0.4 is 5.73 Å². The van der Waals surface area contributed by atoms with Crippen molar-refractivity contribution in [3.63, 3.8) is 0 Å². The van der Waals surface area contributed by atoms with Gasteiger partial charge in [-0.1, -0.05) is 13.8 Å². The average molecular weight is 224 g/mol. The number of rotatable bonds is 6. The van der Waals surface area contributed by atoms with Crippen molar-refractivity contribution in [1.82, 2.24) is 4.90 Å². The van der Waals surface area contributed by atoms with Crippen LogP contribution in [-0.4, -0.2) is 24.0 Å². The highest BCUT2D eigenvalue weighted by molar-refractivity contribution is 5.10. The highest BCUT2D eigenvalue weighted by Gasteiger charge is 2.23. The van der Waals surface area contributed by atoms with Gasteiger partial charge in [0, 0.05) is 12.6 Å². The van der Waals surface area contributed by atoms with Gasteiger partial charge in [-0.3, -0.25) is 4.90 Å². The molecule has 0 fully saturated rings. The number of furan rings is 1. The number of hydrogen-bond donors (Lipinski definition) is 1. The molecule has 0 saturated carbocycles. The predicted molar refractivity (Wildman–Crippen MR) is 67.4 cm³/mol. The maximum atomic E-state index is 5.88. The maximum absolute atomic E-state index is 5.88. The summed E-state index contributed by atoms with van der Waals surface area (Å²) in [6.07, 6.45) is 1.13. The first kappa shape index (κ1) is 13.3. The molecule has 0 aliphatic heterocycles. The van der Waals surface area contributed by atoms with Crippen LogP contribution in [0.15, 0.2) is 16.5 Å². The quantitative estimate of drug-likeness (QED) is 0.808. The summed E-state index contributed by atoms with van der Waals surface area (Å²) in [6, 6.07) is 4.78.